The Bertz CT molecular complexity index is 846. The Morgan fingerprint density at radius 2 is 1.92 bits per heavy atom. The number of furan rings is 1. The Kier molecular flexibility index (Phi) is 4.10. The second kappa shape index (κ2) is 6.31. The number of hydrogen-bond acceptors (Lipinski definition) is 3. The number of benzene rings is 1. The predicted octanol–water partition coefficient (Wildman–Crippen LogP) is 3.34. The van der Waals surface area contributed by atoms with Gasteiger partial charge in [-0.15, -0.1) is 0 Å². The van der Waals surface area contributed by atoms with Crippen LogP contribution in [0.2, 0.25) is 0 Å². The van der Waals surface area contributed by atoms with Crippen LogP contribution in [0, 0.1) is 12.3 Å². The molecule has 4 rings (SSSR count). The molecule has 2 aliphatic rings. The minimum absolute atomic E-state index is 0.0580. The first-order chi connectivity index (χ1) is 12.5. The number of carbonyl (C=O) groups excluding carboxylic acids is 2. The average Bonchev–Trinajstić information content (AvgIpc) is 3.19. The van der Waals surface area contributed by atoms with Crippen LogP contribution in [0.4, 0.5) is 0 Å². The third-order valence-corrected chi connectivity index (χ3v) is 5.77. The van der Waals surface area contributed by atoms with Crippen LogP contribution in [0.5, 0.6) is 0 Å². The summed E-state index contributed by atoms with van der Waals surface area (Å²) in [7, 11) is 1.87. The van der Waals surface area contributed by atoms with Gasteiger partial charge in [-0.2, -0.15) is 0 Å². The lowest BCUT2D eigenvalue weighted by molar-refractivity contribution is -0.126. The van der Waals surface area contributed by atoms with E-state index in [2.05, 4.69) is 0 Å². The maximum Gasteiger partial charge on any atom is 0.253 e. The van der Waals surface area contributed by atoms with Crippen molar-refractivity contribution in [2.45, 2.75) is 26.2 Å². The minimum atomic E-state index is 0.0580. The number of aryl methyl sites for hydroxylation is 1. The first kappa shape index (κ1) is 16.9. The van der Waals surface area contributed by atoms with Gasteiger partial charge in [-0.3, -0.25) is 9.59 Å². The molecule has 0 atom stereocenters. The molecule has 5 nitrogen and oxygen atoms in total. The summed E-state index contributed by atoms with van der Waals surface area (Å²) in [6.45, 7) is 4.16. The topological polar surface area (TPSA) is 53.8 Å². The molecule has 2 amide bonds. The Morgan fingerprint density at radius 1 is 1.15 bits per heavy atom. The largest absolute Gasteiger partial charge is 0.461 e. The number of likely N-dealkylation sites (tertiary alicyclic amines) is 2. The van der Waals surface area contributed by atoms with Crippen LogP contribution < -0.4 is 0 Å². The van der Waals surface area contributed by atoms with Crippen molar-refractivity contribution in [3.8, 4) is 11.3 Å². The third-order valence-electron chi connectivity index (χ3n) is 5.77. The van der Waals surface area contributed by atoms with E-state index in [9.17, 15) is 9.59 Å². The van der Waals surface area contributed by atoms with E-state index in [1.807, 2.05) is 60.2 Å². The van der Waals surface area contributed by atoms with Crippen molar-refractivity contribution in [3.63, 3.8) is 0 Å². The molecule has 0 radical (unpaired) electrons. The van der Waals surface area contributed by atoms with Crippen LogP contribution >= 0.6 is 0 Å². The first-order valence-corrected chi connectivity index (χ1v) is 9.16. The Morgan fingerprint density at radius 3 is 2.54 bits per heavy atom. The van der Waals surface area contributed by atoms with Crippen LogP contribution in [-0.2, 0) is 4.79 Å². The molecular weight excluding hydrogens is 328 g/mol. The number of amides is 2. The fourth-order valence-electron chi connectivity index (χ4n) is 4.20. The highest BCUT2D eigenvalue weighted by Crippen LogP contribution is 2.40. The van der Waals surface area contributed by atoms with Crippen molar-refractivity contribution in [1.82, 2.24) is 9.80 Å². The van der Waals surface area contributed by atoms with Gasteiger partial charge in [-0.05, 0) is 44.0 Å². The maximum atomic E-state index is 12.9. The monoisotopic (exact) mass is 352 g/mol. The molecule has 0 N–H and O–H groups in total. The second-order valence-electron chi connectivity index (χ2n) is 7.71. The van der Waals surface area contributed by atoms with Gasteiger partial charge < -0.3 is 14.2 Å². The highest BCUT2D eigenvalue weighted by atomic mass is 16.3. The van der Waals surface area contributed by atoms with Crippen molar-refractivity contribution in [3.05, 3.63) is 47.7 Å². The second-order valence-corrected chi connectivity index (χ2v) is 7.71. The van der Waals surface area contributed by atoms with E-state index in [4.69, 9.17) is 4.42 Å². The molecule has 1 aromatic heterocycles. The number of nitrogens with zero attached hydrogens (tertiary/aromatic N) is 2. The Hall–Kier alpha value is -2.56. The quantitative estimate of drug-likeness (QED) is 0.833. The summed E-state index contributed by atoms with van der Waals surface area (Å²) < 4.78 is 5.67. The summed E-state index contributed by atoms with van der Waals surface area (Å²) in [5.41, 5.74) is 1.67. The molecule has 136 valence electrons. The van der Waals surface area contributed by atoms with Crippen molar-refractivity contribution >= 4 is 11.8 Å². The van der Waals surface area contributed by atoms with Crippen molar-refractivity contribution in [2.24, 2.45) is 5.41 Å². The molecule has 2 aliphatic heterocycles. The van der Waals surface area contributed by atoms with E-state index in [0.717, 1.165) is 36.5 Å². The van der Waals surface area contributed by atoms with Crippen LogP contribution in [-0.4, -0.2) is 48.3 Å². The van der Waals surface area contributed by atoms with Crippen molar-refractivity contribution in [1.29, 1.82) is 0 Å². The fourth-order valence-corrected chi connectivity index (χ4v) is 4.20. The standard InChI is InChI=1S/C21H24N2O3/c1-15-6-7-18(26-15)16-4-3-5-17(12-16)20(25)23-10-8-21(9-11-23)13-19(24)22(2)14-21/h3-7,12H,8-11,13-14H2,1-2H3. The van der Waals surface area contributed by atoms with E-state index in [1.165, 1.54) is 0 Å². The fraction of sp³-hybridized carbons (Fsp3) is 0.429. The molecular formula is C21H24N2O3. The molecule has 26 heavy (non-hydrogen) atoms. The summed E-state index contributed by atoms with van der Waals surface area (Å²) in [5.74, 6) is 1.92. The predicted molar refractivity (Wildman–Crippen MR) is 98.7 cm³/mol. The molecule has 0 bridgehead atoms. The van der Waals surface area contributed by atoms with Crippen LogP contribution in [0.3, 0.4) is 0 Å². The molecule has 2 aromatic rings. The summed E-state index contributed by atoms with van der Waals surface area (Å²) in [5, 5.41) is 0. The highest BCUT2D eigenvalue weighted by Gasteiger charge is 2.44. The van der Waals surface area contributed by atoms with Gasteiger partial charge in [-0.1, -0.05) is 12.1 Å². The molecule has 2 saturated heterocycles. The van der Waals surface area contributed by atoms with Gasteiger partial charge in [0.15, 0.2) is 0 Å². The van der Waals surface area contributed by atoms with Gasteiger partial charge in [0, 0.05) is 49.6 Å². The zero-order valence-corrected chi connectivity index (χ0v) is 15.3. The van der Waals surface area contributed by atoms with Crippen LogP contribution in [0.15, 0.2) is 40.8 Å². The highest BCUT2D eigenvalue weighted by molar-refractivity contribution is 5.95. The number of carbonyl (C=O) groups is 2. The van der Waals surface area contributed by atoms with E-state index in [1.54, 1.807) is 0 Å². The first-order valence-electron chi connectivity index (χ1n) is 9.16. The van der Waals surface area contributed by atoms with Gasteiger partial charge in [0.2, 0.25) is 5.91 Å². The number of hydrogen-bond donors (Lipinski definition) is 0. The maximum absolute atomic E-state index is 12.9. The Labute approximate surface area is 153 Å². The van der Waals surface area contributed by atoms with Gasteiger partial charge in [-0.25, -0.2) is 0 Å². The van der Waals surface area contributed by atoms with Crippen LogP contribution in [0.1, 0.15) is 35.4 Å². The zero-order valence-electron chi connectivity index (χ0n) is 15.3. The normalized spacial score (nSPS) is 19.4. The average molecular weight is 352 g/mol. The van der Waals surface area contributed by atoms with Gasteiger partial charge in [0.25, 0.3) is 5.91 Å². The summed E-state index contributed by atoms with van der Waals surface area (Å²) in [4.78, 5) is 28.6. The van der Waals surface area contributed by atoms with Gasteiger partial charge in [0.05, 0.1) is 0 Å². The summed E-state index contributed by atoms with van der Waals surface area (Å²) in [6, 6.07) is 11.5. The van der Waals surface area contributed by atoms with E-state index >= 15 is 0 Å². The van der Waals surface area contributed by atoms with E-state index in [-0.39, 0.29) is 17.2 Å². The lowest BCUT2D eigenvalue weighted by Crippen LogP contribution is -2.44. The summed E-state index contributed by atoms with van der Waals surface area (Å²) >= 11 is 0. The van der Waals surface area contributed by atoms with Gasteiger partial charge >= 0.3 is 0 Å². The minimum Gasteiger partial charge on any atom is -0.461 e. The molecule has 1 aromatic carbocycles. The molecule has 2 fully saturated rings. The molecule has 1 spiro atoms. The van der Waals surface area contributed by atoms with Crippen molar-refractivity contribution in [2.75, 3.05) is 26.7 Å². The molecule has 5 heteroatoms. The summed E-state index contributed by atoms with van der Waals surface area (Å²) in [6.07, 6.45) is 2.41. The molecule has 0 aliphatic carbocycles. The van der Waals surface area contributed by atoms with Crippen molar-refractivity contribution < 1.29 is 14.0 Å². The Balaban J connectivity index is 1.47. The zero-order chi connectivity index (χ0) is 18.3. The lowest BCUT2D eigenvalue weighted by Gasteiger charge is -2.38. The molecule has 0 unspecified atom stereocenters. The SMILES string of the molecule is Cc1ccc(-c2cccc(C(=O)N3CCC4(CC3)CC(=O)N(C)C4)c2)o1. The number of rotatable bonds is 2. The molecule has 3 heterocycles. The number of piperidine rings is 1. The van der Waals surface area contributed by atoms with E-state index in [0.29, 0.717) is 25.1 Å². The smallest absolute Gasteiger partial charge is 0.253 e. The third kappa shape index (κ3) is 3.02. The van der Waals surface area contributed by atoms with Crippen LogP contribution in [0.25, 0.3) is 11.3 Å². The molecule has 0 saturated carbocycles. The lowest BCUT2D eigenvalue weighted by atomic mass is 9.77. The van der Waals surface area contributed by atoms with E-state index < -0.39 is 0 Å². The van der Waals surface area contributed by atoms with Gasteiger partial charge in [0.1, 0.15) is 11.5 Å².